The van der Waals surface area contributed by atoms with E-state index in [-0.39, 0.29) is 0 Å². The fourth-order valence-corrected chi connectivity index (χ4v) is 3.37. The van der Waals surface area contributed by atoms with E-state index in [2.05, 4.69) is 17.3 Å². The minimum atomic E-state index is 0.365. The molecule has 0 amide bonds. The molecule has 1 fully saturated rings. The fourth-order valence-electron chi connectivity index (χ4n) is 2.44. The van der Waals surface area contributed by atoms with Gasteiger partial charge < -0.3 is 0 Å². The van der Waals surface area contributed by atoms with E-state index in [1.807, 2.05) is 5.51 Å². The molecule has 1 nitrogen and oxygen atoms in total. The molecule has 78 valence electrons. The molecule has 3 heteroatoms. The van der Waals surface area contributed by atoms with Gasteiger partial charge in [-0.1, -0.05) is 13.3 Å². The Morgan fingerprint density at radius 1 is 1.57 bits per heavy atom. The van der Waals surface area contributed by atoms with E-state index in [1.54, 1.807) is 11.3 Å². The number of nitrogens with zero attached hydrogens (tertiary/aromatic N) is 1. The molecule has 1 saturated carbocycles. The van der Waals surface area contributed by atoms with Crippen LogP contribution >= 0.6 is 22.9 Å². The van der Waals surface area contributed by atoms with E-state index in [0.29, 0.717) is 11.3 Å². The highest BCUT2D eigenvalue weighted by Gasteiger charge is 2.30. The summed E-state index contributed by atoms with van der Waals surface area (Å²) >= 11 is 7.92. The Bertz CT molecular complexity index is 273. The van der Waals surface area contributed by atoms with E-state index >= 15 is 0 Å². The lowest BCUT2D eigenvalue weighted by Crippen LogP contribution is -2.23. The molecular weight excluding hydrogens is 214 g/mol. The SMILES string of the molecule is CCC1CCC(Cl)CC1c1cscn1. The lowest BCUT2D eigenvalue weighted by Gasteiger charge is -2.32. The van der Waals surface area contributed by atoms with Gasteiger partial charge in [0.05, 0.1) is 11.2 Å². The summed E-state index contributed by atoms with van der Waals surface area (Å²) < 4.78 is 0. The quantitative estimate of drug-likeness (QED) is 0.698. The van der Waals surface area contributed by atoms with Crippen molar-refractivity contribution in [1.82, 2.24) is 4.98 Å². The summed E-state index contributed by atoms with van der Waals surface area (Å²) in [6.07, 6.45) is 4.82. The average molecular weight is 230 g/mol. The highest BCUT2D eigenvalue weighted by Crippen LogP contribution is 2.40. The highest BCUT2D eigenvalue weighted by molar-refractivity contribution is 7.07. The van der Waals surface area contributed by atoms with E-state index < -0.39 is 0 Å². The largest absolute Gasteiger partial charge is 0.249 e. The zero-order chi connectivity index (χ0) is 9.97. The number of alkyl halides is 1. The molecule has 0 aromatic carbocycles. The summed E-state index contributed by atoms with van der Waals surface area (Å²) in [5, 5.41) is 2.55. The molecule has 0 N–H and O–H groups in total. The number of halogens is 1. The van der Waals surface area contributed by atoms with Crippen LogP contribution in [0.2, 0.25) is 0 Å². The second-order valence-electron chi connectivity index (χ2n) is 4.10. The predicted molar refractivity (Wildman–Crippen MR) is 62.1 cm³/mol. The summed E-state index contributed by atoms with van der Waals surface area (Å²) in [7, 11) is 0. The summed E-state index contributed by atoms with van der Waals surface area (Å²) in [5.41, 5.74) is 3.20. The van der Waals surface area contributed by atoms with Crippen molar-refractivity contribution in [3.05, 3.63) is 16.6 Å². The molecule has 2 rings (SSSR count). The van der Waals surface area contributed by atoms with E-state index in [1.165, 1.54) is 25.0 Å². The fraction of sp³-hybridized carbons (Fsp3) is 0.727. The second kappa shape index (κ2) is 4.63. The maximum atomic E-state index is 6.23. The van der Waals surface area contributed by atoms with Gasteiger partial charge in [-0.2, -0.15) is 0 Å². The third-order valence-electron chi connectivity index (χ3n) is 3.29. The summed E-state index contributed by atoms with van der Waals surface area (Å²) in [5.74, 6) is 1.41. The van der Waals surface area contributed by atoms with Gasteiger partial charge in [0.1, 0.15) is 0 Å². The molecule has 0 saturated heterocycles. The van der Waals surface area contributed by atoms with Gasteiger partial charge in [0.2, 0.25) is 0 Å². The second-order valence-corrected chi connectivity index (χ2v) is 5.43. The molecule has 3 unspecified atom stereocenters. The first-order chi connectivity index (χ1) is 6.81. The molecule has 0 spiro atoms. The molecule has 1 aromatic heterocycles. The zero-order valence-electron chi connectivity index (χ0n) is 8.45. The van der Waals surface area contributed by atoms with Crippen LogP contribution in [0, 0.1) is 5.92 Å². The Morgan fingerprint density at radius 3 is 3.07 bits per heavy atom. The van der Waals surface area contributed by atoms with Crippen LogP contribution < -0.4 is 0 Å². The Hall–Kier alpha value is -0.0800. The van der Waals surface area contributed by atoms with Crippen LogP contribution in [0.1, 0.15) is 44.2 Å². The van der Waals surface area contributed by atoms with E-state index in [4.69, 9.17) is 11.6 Å². The molecule has 0 aliphatic heterocycles. The van der Waals surface area contributed by atoms with Crippen LogP contribution in [0.25, 0.3) is 0 Å². The van der Waals surface area contributed by atoms with Crippen molar-refractivity contribution in [2.24, 2.45) is 5.92 Å². The molecule has 1 heterocycles. The Balaban J connectivity index is 2.13. The monoisotopic (exact) mass is 229 g/mol. The van der Waals surface area contributed by atoms with E-state index in [9.17, 15) is 0 Å². The van der Waals surface area contributed by atoms with Crippen molar-refractivity contribution >= 4 is 22.9 Å². The molecule has 1 aromatic rings. The van der Waals surface area contributed by atoms with Crippen molar-refractivity contribution in [2.45, 2.75) is 43.9 Å². The summed E-state index contributed by atoms with van der Waals surface area (Å²) in [6.45, 7) is 2.28. The van der Waals surface area contributed by atoms with E-state index in [0.717, 1.165) is 12.3 Å². The number of hydrogen-bond donors (Lipinski definition) is 0. The topological polar surface area (TPSA) is 12.9 Å². The first kappa shape index (κ1) is 10.4. The zero-order valence-corrected chi connectivity index (χ0v) is 10.0. The standard InChI is InChI=1S/C11H16ClNS/c1-2-8-3-4-9(12)5-10(8)11-6-14-7-13-11/h6-10H,2-5H2,1H3. The lowest BCUT2D eigenvalue weighted by atomic mass is 9.76. The lowest BCUT2D eigenvalue weighted by molar-refractivity contribution is 0.299. The third kappa shape index (κ3) is 2.12. The molecule has 1 aliphatic rings. The smallest absolute Gasteiger partial charge is 0.0794 e. The van der Waals surface area contributed by atoms with Gasteiger partial charge in [-0.3, -0.25) is 0 Å². The van der Waals surface area contributed by atoms with Crippen molar-refractivity contribution in [1.29, 1.82) is 0 Å². The first-order valence-corrected chi connectivity index (χ1v) is 6.71. The summed E-state index contributed by atoms with van der Waals surface area (Å²) in [4.78, 5) is 4.43. The van der Waals surface area contributed by atoms with Crippen LogP contribution in [0.5, 0.6) is 0 Å². The van der Waals surface area contributed by atoms with Crippen molar-refractivity contribution in [3.63, 3.8) is 0 Å². The minimum Gasteiger partial charge on any atom is -0.249 e. The third-order valence-corrected chi connectivity index (χ3v) is 4.29. The summed E-state index contributed by atoms with van der Waals surface area (Å²) in [6, 6.07) is 0. The minimum absolute atomic E-state index is 0.365. The van der Waals surface area contributed by atoms with Gasteiger partial charge in [0.15, 0.2) is 0 Å². The number of aromatic nitrogens is 1. The van der Waals surface area contributed by atoms with Gasteiger partial charge in [-0.25, -0.2) is 4.98 Å². The predicted octanol–water partition coefficient (Wildman–Crippen LogP) is 4.04. The molecule has 14 heavy (non-hydrogen) atoms. The maximum absolute atomic E-state index is 6.23. The van der Waals surface area contributed by atoms with Gasteiger partial charge in [0.25, 0.3) is 0 Å². The highest BCUT2D eigenvalue weighted by atomic mass is 35.5. The number of hydrogen-bond acceptors (Lipinski definition) is 2. The van der Waals surface area contributed by atoms with Crippen LogP contribution in [0.4, 0.5) is 0 Å². The molecule has 3 atom stereocenters. The van der Waals surface area contributed by atoms with Crippen molar-refractivity contribution in [3.8, 4) is 0 Å². The Kier molecular flexibility index (Phi) is 3.45. The van der Waals surface area contributed by atoms with Crippen molar-refractivity contribution in [2.75, 3.05) is 0 Å². The molecule has 1 aliphatic carbocycles. The van der Waals surface area contributed by atoms with Gasteiger partial charge in [-0.05, 0) is 25.2 Å². The Labute approximate surface area is 94.5 Å². The number of rotatable bonds is 2. The molecule has 0 radical (unpaired) electrons. The first-order valence-electron chi connectivity index (χ1n) is 5.33. The van der Waals surface area contributed by atoms with Crippen LogP contribution in [0.15, 0.2) is 10.9 Å². The van der Waals surface area contributed by atoms with Crippen LogP contribution in [-0.4, -0.2) is 10.4 Å². The van der Waals surface area contributed by atoms with Crippen molar-refractivity contribution < 1.29 is 0 Å². The average Bonchev–Trinajstić information content (AvgIpc) is 2.70. The molecular formula is C11H16ClNS. The maximum Gasteiger partial charge on any atom is 0.0794 e. The van der Waals surface area contributed by atoms with Gasteiger partial charge in [0, 0.05) is 16.7 Å². The van der Waals surface area contributed by atoms with Crippen LogP contribution in [0.3, 0.4) is 0 Å². The Morgan fingerprint density at radius 2 is 2.43 bits per heavy atom. The normalized spacial score (nSPS) is 33.1. The van der Waals surface area contributed by atoms with Gasteiger partial charge >= 0.3 is 0 Å². The molecule has 0 bridgehead atoms. The van der Waals surface area contributed by atoms with Crippen LogP contribution in [-0.2, 0) is 0 Å². The number of thiazole rings is 1. The van der Waals surface area contributed by atoms with Gasteiger partial charge in [-0.15, -0.1) is 22.9 Å².